The van der Waals surface area contributed by atoms with Gasteiger partial charge in [0, 0.05) is 6.54 Å². The Morgan fingerprint density at radius 3 is 2.42 bits per heavy atom. The van der Waals surface area contributed by atoms with E-state index in [1.54, 1.807) is 31.2 Å². The number of hydrogen-bond acceptors (Lipinski definition) is 7. The average Bonchev–Trinajstić information content (AvgIpc) is 2.59. The second-order valence-electron chi connectivity index (χ2n) is 4.89. The molecule has 0 spiro atoms. The fourth-order valence-corrected chi connectivity index (χ4v) is 1.82. The first-order valence-corrected chi connectivity index (χ1v) is 7.23. The molecule has 0 fully saturated rings. The Kier molecular flexibility index (Phi) is 5.91. The minimum absolute atomic E-state index is 0.0121. The molecule has 0 aliphatic heterocycles. The summed E-state index contributed by atoms with van der Waals surface area (Å²) in [6.45, 7) is 1.72. The maximum Gasteiger partial charge on any atom is 0.328 e. The van der Waals surface area contributed by atoms with Crippen molar-refractivity contribution in [2.45, 2.75) is 13.0 Å². The van der Waals surface area contributed by atoms with E-state index in [0.717, 1.165) is 0 Å². The summed E-state index contributed by atoms with van der Waals surface area (Å²) in [5.74, 6) is 0.443. The molecule has 1 heterocycles. The predicted molar refractivity (Wildman–Crippen MR) is 85.7 cm³/mol. The van der Waals surface area contributed by atoms with Gasteiger partial charge in [0.2, 0.25) is 11.8 Å². The molecule has 2 aromatic rings. The second-order valence-corrected chi connectivity index (χ2v) is 4.89. The van der Waals surface area contributed by atoms with E-state index in [-0.39, 0.29) is 36.0 Å². The fourth-order valence-electron chi connectivity index (χ4n) is 1.82. The molecule has 1 aromatic carbocycles. The van der Waals surface area contributed by atoms with Gasteiger partial charge in [0.1, 0.15) is 5.75 Å². The quantitative estimate of drug-likeness (QED) is 0.789. The van der Waals surface area contributed by atoms with E-state index in [2.05, 4.69) is 15.3 Å². The lowest BCUT2D eigenvalue weighted by molar-refractivity contribution is 0.0921. The topological polar surface area (TPSA) is 103 Å². The molecule has 1 amide bonds. The third-order valence-corrected chi connectivity index (χ3v) is 2.97. The van der Waals surface area contributed by atoms with Gasteiger partial charge < -0.3 is 24.6 Å². The van der Waals surface area contributed by atoms with E-state index < -0.39 is 6.10 Å². The van der Waals surface area contributed by atoms with E-state index in [0.29, 0.717) is 5.56 Å². The van der Waals surface area contributed by atoms with Gasteiger partial charge in [-0.25, -0.2) is 0 Å². The highest BCUT2D eigenvalue weighted by Crippen LogP contribution is 2.26. The predicted octanol–water partition coefficient (Wildman–Crippen LogP) is 1.40. The van der Waals surface area contributed by atoms with Crippen LogP contribution in [-0.2, 0) is 0 Å². The van der Waals surface area contributed by atoms with E-state index >= 15 is 0 Å². The molecule has 0 radical (unpaired) electrons. The molecule has 1 unspecified atom stereocenters. The van der Waals surface area contributed by atoms with Crippen molar-refractivity contribution in [2.24, 2.45) is 0 Å². The maximum absolute atomic E-state index is 12.2. The number of carbonyl (C=O) groups excluding carboxylic acids is 1. The lowest BCUT2D eigenvalue weighted by atomic mass is 10.2. The van der Waals surface area contributed by atoms with Crippen LogP contribution in [0.25, 0.3) is 0 Å². The Labute approximate surface area is 139 Å². The number of amides is 1. The number of nitrogens with zero attached hydrogens (tertiary/aromatic N) is 2. The van der Waals surface area contributed by atoms with Crippen LogP contribution in [0.4, 0.5) is 0 Å². The largest absolute Gasteiger partial charge is 0.481 e. The summed E-state index contributed by atoms with van der Waals surface area (Å²) >= 11 is 0. The second kappa shape index (κ2) is 8.11. The van der Waals surface area contributed by atoms with Crippen LogP contribution in [0.15, 0.2) is 30.3 Å². The highest BCUT2D eigenvalue weighted by Gasteiger charge is 2.15. The van der Waals surface area contributed by atoms with Crippen LogP contribution in [0.5, 0.6) is 23.5 Å². The van der Waals surface area contributed by atoms with Crippen molar-refractivity contribution < 1.29 is 24.1 Å². The van der Waals surface area contributed by atoms with Crippen molar-refractivity contribution in [3.8, 4) is 23.5 Å². The Hall–Kier alpha value is -2.87. The number of benzene rings is 1. The number of rotatable bonds is 7. The summed E-state index contributed by atoms with van der Waals surface area (Å²) in [7, 11) is 2.92. The van der Waals surface area contributed by atoms with Crippen LogP contribution in [0.3, 0.4) is 0 Å². The molecule has 2 N–H and O–H groups in total. The average molecular weight is 333 g/mol. The Morgan fingerprint density at radius 1 is 1.21 bits per heavy atom. The van der Waals surface area contributed by atoms with Crippen LogP contribution in [-0.4, -0.2) is 47.8 Å². The third kappa shape index (κ3) is 4.56. The van der Waals surface area contributed by atoms with Gasteiger partial charge >= 0.3 is 6.01 Å². The lowest BCUT2D eigenvalue weighted by Gasteiger charge is -2.12. The van der Waals surface area contributed by atoms with Crippen LogP contribution in [0, 0.1) is 0 Å². The van der Waals surface area contributed by atoms with Crippen molar-refractivity contribution in [2.75, 3.05) is 20.8 Å². The number of ether oxygens (including phenoxy) is 3. The van der Waals surface area contributed by atoms with Gasteiger partial charge in [0.05, 0.1) is 32.0 Å². The van der Waals surface area contributed by atoms with E-state index in [9.17, 15) is 9.90 Å². The van der Waals surface area contributed by atoms with Gasteiger partial charge in [0.25, 0.3) is 5.91 Å². The van der Waals surface area contributed by atoms with Gasteiger partial charge in [-0.2, -0.15) is 9.97 Å². The van der Waals surface area contributed by atoms with Crippen LogP contribution in [0.1, 0.15) is 17.3 Å². The van der Waals surface area contributed by atoms with Crippen molar-refractivity contribution in [3.05, 3.63) is 35.9 Å². The first-order valence-electron chi connectivity index (χ1n) is 7.23. The summed E-state index contributed by atoms with van der Waals surface area (Å²) in [5.41, 5.74) is 0.295. The normalized spacial score (nSPS) is 11.5. The molecule has 128 valence electrons. The van der Waals surface area contributed by atoms with Crippen LogP contribution < -0.4 is 19.5 Å². The van der Waals surface area contributed by atoms with E-state index in [1.165, 1.54) is 20.3 Å². The minimum Gasteiger partial charge on any atom is -0.481 e. The molecule has 1 atom stereocenters. The summed E-state index contributed by atoms with van der Waals surface area (Å²) < 4.78 is 15.7. The maximum atomic E-state index is 12.2. The number of methoxy groups -OCH3 is 2. The number of aliphatic hydroxyl groups excluding tert-OH is 1. The van der Waals surface area contributed by atoms with E-state index in [1.807, 2.05) is 0 Å². The Balaban J connectivity index is 2.25. The first kappa shape index (κ1) is 17.5. The Bertz CT molecular complexity index is 684. The van der Waals surface area contributed by atoms with Gasteiger partial charge in [-0.3, -0.25) is 4.79 Å². The molecule has 24 heavy (non-hydrogen) atoms. The number of aromatic nitrogens is 2. The zero-order valence-electron chi connectivity index (χ0n) is 13.6. The molecule has 0 saturated heterocycles. The van der Waals surface area contributed by atoms with Gasteiger partial charge in [-0.05, 0) is 19.1 Å². The molecule has 8 nitrogen and oxygen atoms in total. The van der Waals surface area contributed by atoms with Crippen LogP contribution in [0.2, 0.25) is 0 Å². The molecule has 0 aliphatic rings. The number of carbonyl (C=O) groups is 1. The van der Waals surface area contributed by atoms with Gasteiger partial charge in [-0.15, -0.1) is 0 Å². The first-order chi connectivity index (χ1) is 11.5. The van der Waals surface area contributed by atoms with Crippen molar-refractivity contribution in [1.29, 1.82) is 0 Å². The van der Waals surface area contributed by atoms with Crippen molar-refractivity contribution >= 4 is 5.91 Å². The summed E-state index contributed by atoms with van der Waals surface area (Å²) in [4.78, 5) is 20.3. The fraction of sp³-hybridized carbons (Fsp3) is 0.312. The summed E-state index contributed by atoms with van der Waals surface area (Å²) in [6.07, 6.45) is -0.645. The molecular formula is C16H19N3O5. The zero-order chi connectivity index (χ0) is 17.5. The number of para-hydroxylation sites is 1. The van der Waals surface area contributed by atoms with Gasteiger partial charge in [-0.1, -0.05) is 12.1 Å². The highest BCUT2D eigenvalue weighted by molar-refractivity contribution is 5.96. The lowest BCUT2D eigenvalue weighted by Crippen LogP contribution is -2.30. The number of aliphatic hydroxyl groups is 1. The molecule has 0 saturated carbocycles. The standard InChI is InChI=1S/C16H19N3O5/c1-10(20)9-17-15(21)11-6-4-5-7-12(11)24-16-18-13(22-2)8-14(19-16)23-3/h4-8,10,20H,9H2,1-3H3,(H,17,21). The SMILES string of the molecule is COc1cc(OC)nc(Oc2ccccc2C(=O)NCC(C)O)n1. The van der Waals surface area contributed by atoms with Crippen molar-refractivity contribution in [1.82, 2.24) is 15.3 Å². The zero-order valence-corrected chi connectivity index (χ0v) is 13.6. The van der Waals surface area contributed by atoms with Crippen molar-refractivity contribution in [3.63, 3.8) is 0 Å². The molecule has 2 rings (SSSR count). The molecule has 1 aromatic heterocycles. The molecule has 0 bridgehead atoms. The minimum atomic E-state index is -0.645. The molecule has 0 aliphatic carbocycles. The Morgan fingerprint density at radius 2 is 1.83 bits per heavy atom. The molecule has 8 heteroatoms. The smallest absolute Gasteiger partial charge is 0.328 e. The summed E-state index contributed by atoms with van der Waals surface area (Å²) in [5, 5.41) is 11.9. The molecular weight excluding hydrogens is 314 g/mol. The van der Waals surface area contributed by atoms with Gasteiger partial charge in [0.15, 0.2) is 0 Å². The monoisotopic (exact) mass is 333 g/mol. The number of nitrogens with one attached hydrogen (secondary N) is 1. The van der Waals surface area contributed by atoms with Crippen LogP contribution >= 0.6 is 0 Å². The third-order valence-electron chi connectivity index (χ3n) is 2.97. The highest BCUT2D eigenvalue weighted by atomic mass is 16.5. The van der Waals surface area contributed by atoms with E-state index in [4.69, 9.17) is 14.2 Å². The number of hydrogen-bond donors (Lipinski definition) is 2. The summed E-state index contributed by atoms with van der Waals surface area (Å²) in [6, 6.07) is 8.14.